The summed E-state index contributed by atoms with van der Waals surface area (Å²) in [5.74, 6) is 0.847. The van der Waals surface area contributed by atoms with Gasteiger partial charge >= 0.3 is 0 Å². The van der Waals surface area contributed by atoms with Crippen LogP contribution in [0, 0.1) is 13.8 Å². The van der Waals surface area contributed by atoms with Crippen LogP contribution in [-0.2, 0) is 4.74 Å². The minimum absolute atomic E-state index is 0.0711. The molecule has 1 N–H and O–H groups in total. The van der Waals surface area contributed by atoms with E-state index >= 15 is 0 Å². The molecule has 1 aliphatic carbocycles. The molecule has 1 amide bonds. The van der Waals surface area contributed by atoms with E-state index in [-0.39, 0.29) is 18.1 Å². The van der Waals surface area contributed by atoms with Crippen molar-refractivity contribution in [2.24, 2.45) is 0 Å². The first-order valence-corrected chi connectivity index (χ1v) is 9.78. The van der Waals surface area contributed by atoms with Crippen molar-refractivity contribution >= 4 is 17.4 Å². The molecule has 2 fully saturated rings. The summed E-state index contributed by atoms with van der Waals surface area (Å²) < 4.78 is 8.07. The van der Waals surface area contributed by atoms with Crippen LogP contribution in [0.3, 0.4) is 0 Å². The molecule has 144 valence electrons. The quantitative estimate of drug-likeness (QED) is 0.894. The topological polar surface area (TPSA) is 59.4 Å². The number of nitrogens with one attached hydrogen (secondary N) is 1. The Bertz CT molecular complexity index is 829. The van der Waals surface area contributed by atoms with E-state index < -0.39 is 0 Å². The Morgan fingerprint density at radius 3 is 2.48 bits per heavy atom. The molecule has 4 rings (SSSR count). The van der Waals surface area contributed by atoms with Gasteiger partial charge in [0.2, 0.25) is 0 Å². The minimum atomic E-state index is -0.0711. The van der Waals surface area contributed by atoms with Gasteiger partial charge in [-0.05, 0) is 58.7 Å². The maximum atomic E-state index is 12.7. The zero-order valence-electron chi connectivity index (χ0n) is 16.5. The molecule has 0 spiro atoms. The number of hydrogen-bond acceptors (Lipinski definition) is 4. The van der Waals surface area contributed by atoms with Gasteiger partial charge in [-0.25, -0.2) is 4.98 Å². The lowest BCUT2D eigenvalue weighted by atomic mass is 10.2. The monoisotopic (exact) mass is 368 g/mol. The van der Waals surface area contributed by atoms with Crippen LogP contribution in [0.1, 0.15) is 54.5 Å². The number of rotatable bonds is 4. The molecular weight excluding hydrogens is 340 g/mol. The number of carbonyl (C=O) groups excluding carboxylic acids is 1. The van der Waals surface area contributed by atoms with E-state index in [9.17, 15) is 4.79 Å². The van der Waals surface area contributed by atoms with Gasteiger partial charge in [0.1, 0.15) is 5.82 Å². The predicted octanol–water partition coefficient (Wildman–Crippen LogP) is 3.70. The minimum Gasteiger partial charge on any atom is -0.372 e. The first-order valence-electron chi connectivity index (χ1n) is 9.78. The molecule has 2 aromatic rings. The fourth-order valence-electron chi connectivity index (χ4n) is 4.11. The van der Waals surface area contributed by atoms with Gasteiger partial charge in [-0.1, -0.05) is 0 Å². The van der Waals surface area contributed by atoms with E-state index in [0.29, 0.717) is 11.7 Å². The Hall–Kier alpha value is -2.34. The fraction of sp³-hybridized carbons (Fsp3) is 0.524. The van der Waals surface area contributed by atoms with Gasteiger partial charge in [0, 0.05) is 30.5 Å². The van der Waals surface area contributed by atoms with Crippen LogP contribution in [-0.4, -0.2) is 40.8 Å². The summed E-state index contributed by atoms with van der Waals surface area (Å²) in [6, 6.07) is 6.45. The summed E-state index contributed by atoms with van der Waals surface area (Å²) >= 11 is 0. The van der Waals surface area contributed by atoms with Gasteiger partial charge in [-0.15, -0.1) is 0 Å². The zero-order valence-corrected chi connectivity index (χ0v) is 16.5. The second-order valence-corrected chi connectivity index (χ2v) is 7.91. The Morgan fingerprint density at radius 2 is 1.89 bits per heavy atom. The molecular formula is C21H28N4O2. The number of ether oxygens (including phenoxy) is 1. The fourth-order valence-corrected chi connectivity index (χ4v) is 4.11. The van der Waals surface area contributed by atoms with Crippen LogP contribution >= 0.6 is 0 Å². The van der Waals surface area contributed by atoms with Gasteiger partial charge < -0.3 is 19.5 Å². The van der Waals surface area contributed by atoms with Gasteiger partial charge in [-0.2, -0.15) is 0 Å². The molecule has 0 unspecified atom stereocenters. The van der Waals surface area contributed by atoms with Crippen LogP contribution < -0.4 is 10.2 Å². The Kier molecular flexibility index (Phi) is 4.68. The van der Waals surface area contributed by atoms with Crippen molar-refractivity contribution in [1.29, 1.82) is 0 Å². The van der Waals surface area contributed by atoms with E-state index in [1.54, 1.807) is 6.20 Å². The first-order chi connectivity index (χ1) is 12.9. The van der Waals surface area contributed by atoms with E-state index in [4.69, 9.17) is 4.74 Å². The number of pyridine rings is 1. The highest BCUT2D eigenvalue weighted by molar-refractivity contribution is 6.05. The third-order valence-corrected chi connectivity index (χ3v) is 5.39. The first kappa shape index (κ1) is 18.0. The molecule has 6 nitrogen and oxygen atoms in total. The molecule has 27 heavy (non-hydrogen) atoms. The summed E-state index contributed by atoms with van der Waals surface area (Å²) in [6.45, 7) is 9.92. The molecule has 1 saturated heterocycles. The largest absolute Gasteiger partial charge is 0.372 e. The SMILES string of the molecule is Cc1cc(C(=O)Nc2ccc(N3C[C@H](C)O[C@@H](C)C3)nc2)c(C)n1C1CC1. The maximum absolute atomic E-state index is 12.7. The Labute approximate surface area is 160 Å². The number of hydrogen-bond donors (Lipinski definition) is 1. The van der Waals surface area contributed by atoms with Crippen molar-refractivity contribution in [3.05, 3.63) is 41.3 Å². The van der Waals surface area contributed by atoms with E-state index in [1.165, 1.54) is 12.8 Å². The summed E-state index contributed by atoms with van der Waals surface area (Å²) in [5, 5.41) is 2.99. The average molecular weight is 368 g/mol. The van der Waals surface area contributed by atoms with Crippen LogP contribution in [0.15, 0.2) is 24.4 Å². The van der Waals surface area contributed by atoms with Crippen molar-refractivity contribution in [1.82, 2.24) is 9.55 Å². The highest BCUT2D eigenvalue weighted by Crippen LogP contribution is 2.38. The highest BCUT2D eigenvalue weighted by Gasteiger charge is 2.28. The number of aryl methyl sites for hydroxylation is 1. The number of amides is 1. The molecule has 2 aromatic heterocycles. The summed E-state index contributed by atoms with van der Waals surface area (Å²) in [5.41, 5.74) is 3.67. The smallest absolute Gasteiger partial charge is 0.257 e. The van der Waals surface area contributed by atoms with E-state index in [1.807, 2.05) is 25.1 Å². The lowest BCUT2D eigenvalue weighted by Crippen LogP contribution is -2.45. The van der Waals surface area contributed by atoms with Crippen molar-refractivity contribution in [2.75, 3.05) is 23.3 Å². The van der Waals surface area contributed by atoms with Crippen molar-refractivity contribution in [2.45, 2.75) is 58.8 Å². The average Bonchev–Trinajstić information content (AvgIpc) is 3.39. The molecule has 0 radical (unpaired) electrons. The third-order valence-electron chi connectivity index (χ3n) is 5.39. The number of carbonyl (C=O) groups is 1. The van der Waals surface area contributed by atoms with Gasteiger partial charge in [0.15, 0.2) is 0 Å². The molecule has 2 atom stereocenters. The van der Waals surface area contributed by atoms with Crippen molar-refractivity contribution in [3.63, 3.8) is 0 Å². The maximum Gasteiger partial charge on any atom is 0.257 e. The predicted molar refractivity (Wildman–Crippen MR) is 107 cm³/mol. The molecule has 1 aliphatic heterocycles. The Morgan fingerprint density at radius 1 is 1.19 bits per heavy atom. The number of morpholine rings is 1. The van der Waals surface area contributed by atoms with Gasteiger partial charge in [-0.3, -0.25) is 4.79 Å². The van der Waals surface area contributed by atoms with Crippen LogP contribution in [0.25, 0.3) is 0 Å². The van der Waals surface area contributed by atoms with Crippen molar-refractivity contribution in [3.8, 4) is 0 Å². The van der Waals surface area contributed by atoms with E-state index in [2.05, 4.69) is 40.5 Å². The normalized spacial score (nSPS) is 22.7. The summed E-state index contributed by atoms with van der Waals surface area (Å²) in [6.07, 6.45) is 4.54. The number of aromatic nitrogens is 2. The molecule has 0 aromatic carbocycles. The number of nitrogens with zero attached hydrogens (tertiary/aromatic N) is 3. The van der Waals surface area contributed by atoms with Gasteiger partial charge in [0.05, 0.1) is 29.7 Å². The molecule has 3 heterocycles. The van der Waals surface area contributed by atoms with Crippen LogP contribution in [0.4, 0.5) is 11.5 Å². The lowest BCUT2D eigenvalue weighted by Gasteiger charge is -2.36. The second kappa shape index (κ2) is 7.00. The molecule has 0 bridgehead atoms. The van der Waals surface area contributed by atoms with Crippen LogP contribution in [0.2, 0.25) is 0 Å². The standard InChI is InChI=1S/C21H28N4O2/c1-13-9-19(16(4)25(13)18-6-7-18)21(26)23-17-5-8-20(22-10-17)24-11-14(2)27-15(3)12-24/h5,8-10,14-15,18H,6-7,11-12H2,1-4H3,(H,23,26)/t14-,15-/m0/s1. The summed E-state index contributed by atoms with van der Waals surface area (Å²) in [4.78, 5) is 19.5. The summed E-state index contributed by atoms with van der Waals surface area (Å²) in [7, 11) is 0. The van der Waals surface area contributed by atoms with E-state index in [0.717, 1.165) is 35.9 Å². The van der Waals surface area contributed by atoms with Crippen LogP contribution in [0.5, 0.6) is 0 Å². The molecule has 6 heteroatoms. The zero-order chi connectivity index (χ0) is 19.1. The molecule has 1 saturated carbocycles. The van der Waals surface area contributed by atoms with Gasteiger partial charge in [0.25, 0.3) is 5.91 Å². The number of anilines is 2. The van der Waals surface area contributed by atoms with Crippen molar-refractivity contribution < 1.29 is 9.53 Å². The third kappa shape index (κ3) is 3.72. The highest BCUT2D eigenvalue weighted by atomic mass is 16.5. The Balaban J connectivity index is 1.45. The second-order valence-electron chi connectivity index (χ2n) is 7.91. The molecule has 2 aliphatic rings. The lowest BCUT2D eigenvalue weighted by molar-refractivity contribution is -0.00545.